The molecule has 0 fully saturated rings. The SMILES string of the molecule is COC(=O)C1=C(c2ccc(Cl)cc2)NC(=S)N[C@H]1c1ccc(OC)c(OC)c1. The first kappa shape index (κ1) is 20.0. The van der Waals surface area contributed by atoms with E-state index in [0.29, 0.717) is 32.9 Å². The topological polar surface area (TPSA) is 68.8 Å². The molecule has 2 N–H and O–H groups in total. The summed E-state index contributed by atoms with van der Waals surface area (Å²) in [5, 5.41) is 7.19. The predicted molar refractivity (Wildman–Crippen MR) is 112 cm³/mol. The second kappa shape index (κ2) is 8.50. The lowest BCUT2D eigenvalue weighted by molar-refractivity contribution is -0.136. The van der Waals surface area contributed by atoms with Gasteiger partial charge in [0.15, 0.2) is 16.6 Å². The summed E-state index contributed by atoms with van der Waals surface area (Å²) in [6.07, 6.45) is 0. The maximum atomic E-state index is 12.7. The van der Waals surface area contributed by atoms with Gasteiger partial charge < -0.3 is 24.8 Å². The van der Waals surface area contributed by atoms with E-state index in [1.165, 1.54) is 7.11 Å². The van der Waals surface area contributed by atoms with Crippen LogP contribution in [-0.2, 0) is 9.53 Å². The van der Waals surface area contributed by atoms with E-state index in [-0.39, 0.29) is 0 Å². The second-order valence-electron chi connectivity index (χ2n) is 5.93. The van der Waals surface area contributed by atoms with Crippen LogP contribution in [0.4, 0.5) is 0 Å². The van der Waals surface area contributed by atoms with Crippen molar-refractivity contribution in [2.45, 2.75) is 6.04 Å². The average molecular weight is 419 g/mol. The van der Waals surface area contributed by atoms with Gasteiger partial charge in [-0.1, -0.05) is 29.8 Å². The van der Waals surface area contributed by atoms with Crippen LogP contribution in [0.3, 0.4) is 0 Å². The fourth-order valence-electron chi connectivity index (χ4n) is 3.02. The number of methoxy groups -OCH3 is 3. The van der Waals surface area contributed by atoms with Crippen molar-refractivity contribution in [3.63, 3.8) is 0 Å². The van der Waals surface area contributed by atoms with Crippen molar-refractivity contribution < 1.29 is 19.0 Å². The molecular formula is C20H19ClN2O4S. The summed E-state index contributed by atoms with van der Waals surface area (Å²) in [6, 6.07) is 12.0. The first-order valence-corrected chi connectivity index (χ1v) is 9.15. The van der Waals surface area contributed by atoms with E-state index >= 15 is 0 Å². The molecule has 146 valence electrons. The van der Waals surface area contributed by atoms with Crippen LogP contribution >= 0.6 is 23.8 Å². The lowest BCUT2D eigenvalue weighted by Gasteiger charge is -2.31. The zero-order valence-electron chi connectivity index (χ0n) is 15.5. The monoisotopic (exact) mass is 418 g/mol. The van der Waals surface area contributed by atoms with Gasteiger partial charge in [-0.2, -0.15) is 0 Å². The molecule has 3 rings (SSSR count). The van der Waals surface area contributed by atoms with Crippen molar-refractivity contribution in [2.75, 3.05) is 21.3 Å². The van der Waals surface area contributed by atoms with Crippen molar-refractivity contribution in [1.29, 1.82) is 0 Å². The lowest BCUT2D eigenvalue weighted by atomic mass is 9.92. The van der Waals surface area contributed by atoms with Crippen molar-refractivity contribution in [3.05, 3.63) is 64.2 Å². The summed E-state index contributed by atoms with van der Waals surface area (Å²) in [5.41, 5.74) is 2.49. The Hall–Kier alpha value is -2.77. The highest BCUT2D eigenvalue weighted by Crippen LogP contribution is 2.36. The Kier molecular flexibility index (Phi) is 6.06. The van der Waals surface area contributed by atoms with Gasteiger partial charge in [0.05, 0.1) is 38.6 Å². The van der Waals surface area contributed by atoms with E-state index in [1.54, 1.807) is 38.5 Å². The summed E-state index contributed by atoms with van der Waals surface area (Å²) >= 11 is 11.4. The lowest BCUT2D eigenvalue weighted by Crippen LogP contribution is -2.45. The number of carbonyl (C=O) groups is 1. The molecule has 0 saturated carbocycles. The second-order valence-corrected chi connectivity index (χ2v) is 6.78. The maximum Gasteiger partial charge on any atom is 0.338 e. The van der Waals surface area contributed by atoms with E-state index in [0.717, 1.165) is 11.1 Å². The van der Waals surface area contributed by atoms with Crippen LogP contribution in [0.25, 0.3) is 5.70 Å². The molecule has 1 aliphatic heterocycles. The number of hydrogen-bond donors (Lipinski definition) is 2. The molecule has 0 bridgehead atoms. The van der Waals surface area contributed by atoms with E-state index in [1.807, 2.05) is 18.2 Å². The number of esters is 1. The third-order valence-corrected chi connectivity index (χ3v) is 4.82. The summed E-state index contributed by atoms with van der Waals surface area (Å²) in [5.74, 6) is 0.653. The first-order valence-electron chi connectivity index (χ1n) is 8.36. The highest BCUT2D eigenvalue weighted by Gasteiger charge is 2.33. The van der Waals surface area contributed by atoms with Gasteiger partial charge >= 0.3 is 5.97 Å². The molecule has 0 amide bonds. The number of hydrogen-bond acceptors (Lipinski definition) is 5. The van der Waals surface area contributed by atoms with Crippen LogP contribution in [0.5, 0.6) is 11.5 Å². The molecule has 6 nitrogen and oxygen atoms in total. The predicted octanol–water partition coefficient (Wildman–Crippen LogP) is 3.46. The van der Waals surface area contributed by atoms with Crippen LogP contribution < -0.4 is 20.1 Å². The number of benzene rings is 2. The molecule has 1 atom stereocenters. The number of nitrogens with one attached hydrogen (secondary N) is 2. The molecule has 0 saturated heterocycles. The third-order valence-electron chi connectivity index (χ3n) is 4.35. The number of thiocarbonyl (C=S) groups is 1. The van der Waals surface area contributed by atoms with Crippen molar-refractivity contribution in [1.82, 2.24) is 10.6 Å². The van der Waals surface area contributed by atoms with Gasteiger partial charge in [-0.05, 0) is 47.6 Å². The van der Waals surface area contributed by atoms with Crippen LogP contribution in [-0.4, -0.2) is 32.4 Å². The van der Waals surface area contributed by atoms with Crippen molar-refractivity contribution in [3.8, 4) is 11.5 Å². The van der Waals surface area contributed by atoms with Crippen LogP contribution in [0.15, 0.2) is 48.0 Å². The average Bonchev–Trinajstić information content (AvgIpc) is 2.72. The largest absolute Gasteiger partial charge is 0.493 e. The molecule has 2 aromatic rings. The van der Waals surface area contributed by atoms with E-state index in [9.17, 15) is 4.79 Å². The number of rotatable bonds is 5. The Labute approximate surface area is 173 Å². The number of ether oxygens (including phenoxy) is 3. The minimum Gasteiger partial charge on any atom is -0.493 e. The third kappa shape index (κ3) is 3.90. The van der Waals surface area contributed by atoms with Gasteiger partial charge in [0.1, 0.15) is 0 Å². The molecule has 0 unspecified atom stereocenters. The number of halogens is 1. The quantitative estimate of drug-likeness (QED) is 0.569. The van der Waals surface area contributed by atoms with E-state index in [4.69, 9.17) is 38.0 Å². The Morgan fingerprint density at radius 1 is 1.04 bits per heavy atom. The summed E-state index contributed by atoms with van der Waals surface area (Å²) in [6.45, 7) is 0. The summed E-state index contributed by atoms with van der Waals surface area (Å²) in [7, 11) is 4.46. The fraction of sp³-hybridized carbons (Fsp3) is 0.200. The number of carbonyl (C=O) groups excluding carboxylic acids is 1. The van der Waals surface area contributed by atoms with Gasteiger partial charge in [-0.25, -0.2) is 4.79 Å². The van der Waals surface area contributed by atoms with E-state index in [2.05, 4.69) is 10.6 Å². The van der Waals surface area contributed by atoms with Gasteiger partial charge in [-0.15, -0.1) is 0 Å². The molecule has 8 heteroatoms. The Morgan fingerprint density at radius 3 is 2.32 bits per heavy atom. The Balaban J connectivity index is 2.18. The minimum absolute atomic E-state index is 0.386. The molecule has 0 radical (unpaired) electrons. The standard InChI is InChI=1S/C20H19ClN2O4S/c1-25-14-9-6-12(10-15(14)26-2)18-16(19(24)27-3)17(22-20(28)23-18)11-4-7-13(21)8-5-11/h4-10,18H,1-3H3,(H2,22,23,28)/t18-/m0/s1. The Morgan fingerprint density at radius 2 is 1.71 bits per heavy atom. The van der Waals surface area contributed by atoms with Gasteiger partial charge in [0, 0.05) is 5.02 Å². The first-order chi connectivity index (χ1) is 13.5. The normalized spacial score (nSPS) is 16.1. The molecule has 28 heavy (non-hydrogen) atoms. The van der Waals surface area contributed by atoms with Crippen LogP contribution in [0.2, 0.25) is 5.02 Å². The van der Waals surface area contributed by atoms with Crippen molar-refractivity contribution in [2.24, 2.45) is 0 Å². The molecule has 1 aliphatic rings. The molecular weight excluding hydrogens is 400 g/mol. The Bertz CT molecular complexity index is 944. The molecule has 0 aromatic heterocycles. The highest BCUT2D eigenvalue weighted by molar-refractivity contribution is 7.80. The fourth-order valence-corrected chi connectivity index (χ4v) is 3.37. The zero-order chi connectivity index (χ0) is 20.3. The minimum atomic E-state index is -0.535. The van der Waals surface area contributed by atoms with Crippen LogP contribution in [0, 0.1) is 0 Å². The highest BCUT2D eigenvalue weighted by atomic mass is 35.5. The smallest absolute Gasteiger partial charge is 0.338 e. The van der Waals surface area contributed by atoms with Gasteiger partial charge in [-0.3, -0.25) is 0 Å². The molecule has 2 aromatic carbocycles. The molecule has 0 spiro atoms. The van der Waals surface area contributed by atoms with Crippen molar-refractivity contribution >= 4 is 40.6 Å². The molecule has 0 aliphatic carbocycles. The van der Waals surface area contributed by atoms with Gasteiger partial charge in [0.25, 0.3) is 0 Å². The summed E-state index contributed by atoms with van der Waals surface area (Å²) < 4.78 is 15.7. The summed E-state index contributed by atoms with van der Waals surface area (Å²) in [4.78, 5) is 12.7. The van der Waals surface area contributed by atoms with Crippen LogP contribution in [0.1, 0.15) is 17.2 Å². The molecule has 1 heterocycles. The maximum absolute atomic E-state index is 12.7. The van der Waals surface area contributed by atoms with E-state index < -0.39 is 12.0 Å². The van der Waals surface area contributed by atoms with Gasteiger partial charge in [0.2, 0.25) is 0 Å². The zero-order valence-corrected chi connectivity index (χ0v) is 17.1.